The maximum Gasteiger partial charge on any atom is 0.143 e. The summed E-state index contributed by atoms with van der Waals surface area (Å²) in [6.07, 6.45) is 2.81. The van der Waals surface area contributed by atoms with E-state index in [-0.39, 0.29) is 0 Å². The van der Waals surface area contributed by atoms with E-state index in [0.29, 0.717) is 16.9 Å². The molecule has 2 aliphatic rings. The molecular weight excluding hydrogens is 172 g/mol. The molecule has 2 fully saturated rings. The van der Waals surface area contributed by atoms with Crippen LogP contribution in [0.2, 0.25) is 0 Å². The van der Waals surface area contributed by atoms with Crippen molar-refractivity contribution in [3.05, 3.63) is 0 Å². The third-order valence-corrected chi connectivity index (χ3v) is 5.73. The molecule has 0 amide bonds. The van der Waals surface area contributed by atoms with E-state index in [1.54, 1.807) is 4.90 Å². The molecule has 0 heterocycles. The van der Waals surface area contributed by atoms with E-state index in [1.165, 1.54) is 12.8 Å². The summed E-state index contributed by atoms with van der Waals surface area (Å²) in [5.41, 5.74) is 5.46. The SMILES string of the molecule is C[NH+](C)[C@@H]1[C@H]2CC[C@@](C)([C@@H]1[NH3+])C2(C)C. The lowest BCUT2D eigenvalue weighted by molar-refractivity contribution is -0.902. The second-order valence-corrected chi connectivity index (χ2v) is 6.49. The average Bonchev–Trinajstić information content (AvgIpc) is 2.35. The van der Waals surface area contributed by atoms with Gasteiger partial charge < -0.3 is 10.6 Å². The van der Waals surface area contributed by atoms with Crippen molar-refractivity contribution < 1.29 is 10.6 Å². The molecule has 0 saturated heterocycles. The van der Waals surface area contributed by atoms with Gasteiger partial charge in [0, 0.05) is 11.3 Å². The average molecular weight is 198 g/mol. The summed E-state index contributed by atoms with van der Waals surface area (Å²) >= 11 is 0. The van der Waals surface area contributed by atoms with Gasteiger partial charge >= 0.3 is 0 Å². The minimum absolute atomic E-state index is 0.486. The summed E-state index contributed by atoms with van der Waals surface area (Å²) in [5, 5.41) is 0. The number of quaternary nitrogens is 2. The maximum atomic E-state index is 4.47. The van der Waals surface area contributed by atoms with E-state index >= 15 is 0 Å². The minimum atomic E-state index is 0.486. The molecule has 14 heavy (non-hydrogen) atoms. The molecular formula is C12H26N2+2. The molecule has 0 aromatic heterocycles. The Balaban J connectivity index is 2.39. The standard InChI is InChI=1S/C12H24N2/c1-11(2)8-6-7-12(11,3)10(13)9(8)14(4)5/h8-10H,6-7,13H2,1-5H3/p+2/t8-,9-,10-,12+/m1/s1. The lowest BCUT2D eigenvalue weighted by atomic mass is 9.69. The van der Waals surface area contributed by atoms with E-state index in [1.807, 2.05) is 0 Å². The smallest absolute Gasteiger partial charge is 0.143 e. The molecule has 2 bridgehead atoms. The van der Waals surface area contributed by atoms with E-state index in [4.69, 9.17) is 0 Å². The second kappa shape index (κ2) is 2.73. The first-order valence-electron chi connectivity index (χ1n) is 5.95. The summed E-state index contributed by atoms with van der Waals surface area (Å²) in [6, 6.07) is 1.42. The van der Waals surface area contributed by atoms with Crippen LogP contribution in [-0.4, -0.2) is 26.2 Å². The number of hydrogen-bond acceptors (Lipinski definition) is 0. The Morgan fingerprint density at radius 2 is 1.79 bits per heavy atom. The van der Waals surface area contributed by atoms with Crippen molar-refractivity contribution in [1.29, 1.82) is 0 Å². The fourth-order valence-corrected chi connectivity index (χ4v) is 4.34. The quantitative estimate of drug-likeness (QED) is 0.573. The molecule has 0 unspecified atom stereocenters. The highest BCUT2D eigenvalue weighted by atomic mass is 15.2. The largest absolute Gasteiger partial charge is 0.350 e. The molecule has 2 rings (SSSR count). The Labute approximate surface area is 87.8 Å². The Hall–Kier alpha value is -0.0800. The molecule has 2 heteroatoms. The number of hydrogen-bond donors (Lipinski definition) is 2. The number of nitrogens with one attached hydrogen (secondary N) is 1. The first-order valence-corrected chi connectivity index (χ1v) is 5.95. The zero-order valence-corrected chi connectivity index (χ0v) is 10.4. The molecule has 4 atom stereocenters. The monoisotopic (exact) mass is 198 g/mol. The van der Waals surface area contributed by atoms with Gasteiger partial charge in [-0.15, -0.1) is 0 Å². The van der Waals surface area contributed by atoms with Gasteiger partial charge in [-0.2, -0.15) is 0 Å². The van der Waals surface area contributed by atoms with Crippen LogP contribution in [-0.2, 0) is 0 Å². The lowest BCUT2D eigenvalue weighted by Crippen LogP contribution is -3.14. The molecule has 0 aromatic carbocycles. The summed E-state index contributed by atoms with van der Waals surface area (Å²) < 4.78 is 0. The maximum absolute atomic E-state index is 4.47. The highest BCUT2D eigenvalue weighted by Gasteiger charge is 2.69. The van der Waals surface area contributed by atoms with Gasteiger partial charge in [0.25, 0.3) is 0 Å². The zero-order chi connectivity index (χ0) is 10.7. The normalized spacial score (nSPS) is 50.4. The van der Waals surface area contributed by atoms with Gasteiger partial charge in [0.05, 0.1) is 14.1 Å². The highest BCUT2D eigenvalue weighted by Crippen LogP contribution is 2.63. The molecule has 0 spiro atoms. The van der Waals surface area contributed by atoms with Crippen LogP contribution in [0.4, 0.5) is 0 Å². The van der Waals surface area contributed by atoms with Crippen LogP contribution in [0.1, 0.15) is 33.6 Å². The molecule has 2 aliphatic carbocycles. The van der Waals surface area contributed by atoms with Gasteiger partial charge in [-0.1, -0.05) is 20.8 Å². The predicted molar refractivity (Wildman–Crippen MR) is 57.9 cm³/mol. The number of rotatable bonds is 1. The first-order chi connectivity index (χ1) is 6.32. The van der Waals surface area contributed by atoms with Crippen LogP contribution >= 0.6 is 0 Å². The summed E-state index contributed by atoms with van der Waals surface area (Å²) in [4.78, 5) is 1.60. The fourth-order valence-electron chi connectivity index (χ4n) is 4.34. The van der Waals surface area contributed by atoms with Crippen molar-refractivity contribution in [3.63, 3.8) is 0 Å². The first kappa shape index (κ1) is 10.4. The van der Waals surface area contributed by atoms with Crippen LogP contribution in [0.25, 0.3) is 0 Å². The Bertz CT molecular complexity index is 247. The molecule has 2 saturated carbocycles. The van der Waals surface area contributed by atoms with Crippen LogP contribution in [0.15, 0.2) is 0 Å². The third kappa shape index (κ3) is 0.938. The van der Waals surface area contributed by atoms with Gasteiger partial charge in [0.1, 0.15) is 12.1 Å². The molecule has 0 radical (unpaired) electrons. The van der Waals surface area contributed by atoms with Crippen molar-refractivity contribution in [2.75, 3.05) is 14.1 Å². The third-order valence-electron chi connectivity index (χ3n) is 5.73. The summed E-state index contributed by atoms with van der Waals surface area (Å²) in [7, 11) is 4.59. The molecule has 0 aromatic rings. The van der Waals surface area contributed by atoms with Crippen LogP contribution in [0.5, 0.6) is 0 Å². The Morgan fingerprint density at radius 1 is 1.21 bits per heavy atom. The molecule has 82 valence electrons. The molecule has 4 N–H and O–H groups in total. The lowest BCUT2D eigenvalue weighted by Gasteiger charge is -2.35. The van der Waals surface area contributed by atoms with E-state index < -0.39 is 0 Å². The van der Waals surface area contributed by atoms with Gasteiger partial charge in [-0.3, -0.25) is 0 Å². The predicted octanol–water partition coefficient (Wildman–Crippen LogP) is -0.434. The number of likely N-dealkylation sites (N-methyl/N-ethyl adjacent to an activating group) is 1. The Kier molecular flexibility index (Phi) is 2.04. The van der Waals surface area contributed by atoms with Gasteiger partial charge in [-0.05, 0) is 18.3 Å². The van der Waals surface area contributed by atoms with Crippen molar-refractivity contribution in [2.24, 2.45) is 16.7 Å². The van der Waals surface area contributed by atoms with Crippen molar-refractivity contribution in [2.45, 2.75) is 45.7 Å². The topological polar surface area (TPSA) is 32.1 Å². The van der Waals surface area contributed by atoms with Crippen LogP contribution in [0.3, 0.4) is 0 Å². The number of fused-ring (bicyclic) bond motifs is 2. The van der Waals surface area contributed by atoms with E-state index in [2.05, 4.69) is 40.6 Å². The van der Waals surface area contributed by atoms with E-state index in [0.717, 1.165) is 12.0 Å². The molecule has 2 nitrogen and oxygen atoms in total. The zero-order valence-electron chi connectivity index (χ0n) is 10.4. The fraction of sp³-hybridized carbons (Fsp3) is 1.00. The van der Waals surface area contributed by atoms with Gasteiger partial charge in [-0.25, -0.2) is 0 Å². The van der Waals surface area contributed by atoms with Crippen LogP contribution < -0.4 is 10.6 Å². The summed E-state index contributed by atoms with van der Waals surface area (Å²) in [6.45, 7) is 7.39. The van der Waals surface area contributed by atoms with Gasteiger partial charge in [0.2, 0.25) is 0 Å². The van der Waals surface area contributed by atoms with Crippen LogP contribution in [0, 0.1) is 16.7 Å². The van der Waals surface area contributed by atoms with Crippen molar-refractivity contribution in [3.8, 4) is 0 Å². The van der Waals surface area contributed by atoms with Crippen molar-refractivity contribution in [1.82, 2.24) is 0 Å². The van der Waals surface area contributed by atoms with Gasteiger partial charge in [0.15, 0.2) is 0 Å². The highest BCUT2D eigenvalue weighted by molar-refractivity contribution is 5.14. The summed E-state index contributed by atoms with van der Waals surface area (Å²) in [5.74, 6) is 0.889. The second-order valence-electron chi connectivity index (χ2n) is 6.49. The van der Waals surface area contributed by atoms with E-state index in [9.17, 15) is 0 Å². The van der Waals surface area contributed by atoms with Crippen molar-refractivity contribution >= 4 is 0 Å². The Morgan fingerprint density at radius 3 is 2.07 bits per heavy atom. The molecule has 0 aliphatic heterocycles. The minimum Gasteiger partial charge on any atom is -0.350 e.